The number of aromatic nitrogens is 1. The quantitative estimate of drug-likeness (QED) is 0.587. The summed E-state index contributed by atoms with van der Waals surface area (Å²) in [7, 11) is -3.47. The number of benzene rings is 1. The average Bonchev–Trinajstić information content (AvgIpc) is 2.76. The van der Waals surface area contributed by atoms with Crippen molar-refractivity contribution in [3.8, 4) is 0 Å². The van der Waals surface area contributed by atoms with Crippen LogP contribution in [0.4, 0.5) is 10.1 Å². The van der Waals surface area contributed by atoms with Crippen LogP contribution in [0.15, 0.2) is 64.8 Å². The lowest BCUT2D eigenvalue weighted by Crippen LogP contribution is -2.39. The summed E-state index contributed by atoms with van der Waals surface area (Å²) in [5.41, 5.74) is 7.90. The summed E-state index contributed by atoms with van der Waals surface area (Å²) in [6, 6.07) is 5.63. The molecule has 0 spiro atoms. The van der Waals surface area contributed by atoms with Gasteiger partial charge >= 0.3 is 0 Å². The fraction of sp³-hybridized carbons (Fsp3) is 0.238. The number of sulfone groups is 1. The molecular formula is C21H23ClFN5O3S. The zero-order valence-electron chi connectivity index (χ0n) is 17.4. The Labute approximate surface area is 191 Å². The molecule has 8 nitrogen and oxygen atoms in total. The first-order valence-electron chi connectivity index (χ1n) is 9.58. The molecule has 0 radical (unpaired) electrons. The number of hydrogen-bond acceptors (Lipinski definition) is 8. The normalized spacial score (nSPS) is 15.5. The van der Waals surface area contributed by atoms with Gasteiger partial charge in [-0.15, -0.1) is 0 Å². The molecule has 3 N–H and O–H groups in total. The largest absolute Gasteiger partial charge is 0.385 e. The van der Waals surface area contributed by atoms with Crippen molar-refractivity contribution >= 4 is 38.9 Å². The van der Waals surface area contributed by atoms with E-state index in [4.69, 9.17) is 22.1 Å². The molecule has 0 saturated carbocycles. The Balaban J connectivity index is 1.93. The van der Waals surface area contributed by atoms with E-state index in [0.717, 1.165) is 6.26 Å². The Kier molecular flexibility index (Phi) is 7.49. The predicted octanol–water partition coefficient (Wildman–Crippen LogP) is 2.89. The average molecular weight is 480 g/mol. The van der Waals surface area contributed by atoms with Crippen molar-refractivity contribution in [3.05, 3.63) is 71.3 Å². The number of halogens is 2. The minimum absolute atomic E-state index is 0.0346. The zero-order valence-corrected chi connectivity index (χ0v) is 19.0. The SMILES string of the molecule is C=C(/N=C\C(=C(/N)N1CCOCC1)c1cncc(S(C)(=O)=O)c1)Nc1ccc(F)c(Cl)c1. The Bertz CT molecular complexity index is 1180. The summed E-state index contributed by atoms with van der Waals surface area (Å²) < 4.78 is 42.7. The van der Waals surface area contributed by atoms with E-state index >= 15 is 0 Å². The molecule has 1 aliphatic heterocycles. The van der Waals surface area contributed by atoms with Gasteiger partial charge in [-0.05, 0) is 24.3 Å². The van der Waals surface area contributed by atoms with E-state index in [1.165, 1.54) is 42.9 Å². The molecule has 1 fully saturated rings. The van der Waals surface area contributed by atoms with Gasteiger partial charge in [0.05, 0.1) is 23.1 Å². The van der Waals surface area contributed by atoms with Crippen LogP contribution in [-0.4, -0.2) is 57.1 Å². The van der Waals surface area contributed by atoms with Gasteiger partial charge < -0.3 is 20.7 Å². The maximum atomic E-state index is 13.4. The molecule has 0 atom stereocenters. The van der Waals surface area contributed by atoms with Gasteiger partial charge in [0.2, 0.25) is 0 Å². The van der Waals surface area contributed by atoms with E-state index < -0.39 is 15.7 Å². The highest BCUT2D eigenvalue weighted by Crippen LogP contribution is 2.22. The van der Waals surface area contributed by atoms with E-state index in [1.54, 1.807) is 0 Å². The number of pyridine rings is 1. The molecule has 3 rings (SSSR count). The Morgan fingerprint density at radius 3 is 2.72 bits per heavy atom. The number of hydrogen-bond donors (Lipinski definition) is 2. The number of nitrogens with zero attached hydrogens (tertiary/aromatic N) is 3. The number of ether oxygens (including phenoxy) is 1. The molecule has 170 valence electrons. The summed E-state index contributed by atoms with van der Waals surface area (Å²) in [6.07, 6.45) is 5.38. The molecular weight excluding hydrogens is 457 g/mol. The molecule has 2 aromatic rings. The van der Waals surface area contributed by atoms with Crippen molar-refractivity contribution in [1.82, 2.24) is 9.88 Å². The van der Waals surface area contributed by atoms with E-state index in [1.807, 2.05) is 4.90 Å². The standard InChI is InChI=1S/C21H23ClFN5O3S/c1-14(27-16-3-4-20(23)19(22)10-16)26-13-18(21(24)28-5-7-31-8-6-28)15-9-17(12-25-11-15)32(2,29)30/h3-4,9-13,27H,1,5-8,24H2,2H3/b21-18-,26-13-. The Morgan fingerprint density at radius 2 is 2.06 bits per heavy atom. The molecule has 32 heavy (non-hydrogen) atoms. The highest BCUT2D eigenvalue weighted by Gasteiger charge is 2.17. The highest BCUT2D eigenvalue weighted by molar-refractivity contribution is 7.90. The van der Waals surface area contributed by atoms with Gasteiger partial charge in [0.15, 0.2) is 9.84 Å². The van der Waals surface area contributed by atoms with Gasteiger partial charge in [-0.3, -0.25) is 4.98 Å². The van der Waals surface area contributed by atoms with Gasteiger partial charge in [-0.2, -0.15) is 0 Å². The number of nitrogens with two attached hydrogens (primary N) is 1. The Hall–Kier alpha value is -2.95. The first-order valence-corrected chi connectivity index (χ1v) is 11.8. The van der Waals surface area contributed by atoms with Crippen molar-refractivity contribution in [3.63, 3.8) is 0 Å². The molecule has 0 unspecified atom stereocenters. The summed E-state index contributed by atoms with van der Waals surface area (Å²) in [5, 5.41) is 2.88. The number of morpholine rings is 1. The first kappa shape index (κ1) is 23.7. The zero-order chi connectivity index (χ0) is 23.3. The van der Waals surface area contributed by atoms with Crippen LogP contribution in [0.2, 0.25) is 5.02 Å². The molecule has 2 heterocycles. The second-order valence-electron chi connectivity index (χ2n) is 7.04. The monoisotopic (exact) mass is 479 g/mol. The van der Waals surface area contributed by atoms with Crippen LogP contribution in [0.5, 0.6) is 0 Å². The molecule has 0 bridgehead atoms. The maximum Gasteiger partial charge on any atom is 0.177 e. The van der Waals surface area contributed by atoms with Crippen LogP contribution in [0.3, 0.4) is 0 Å². The van der Waals surface area contributed by atoms with Crippen LogP contribution >= 0.6 is 11.6 Å². The lowest BCUT2D eigenvalue weighted by atomic mass is 10.1. The van der Waals surface area contributed by atoms with Crippen molar-refractivity contribution in [2.75, 3.05) is 37.9 Å². The second kappa shape index (κ2) is 10.1. The third-order valence-electron chi connectivity index (χ3n) is 4.64. The van der Waals surface area contributed by atoms with Gasteiger partial charge in [0.25, 0.3) is 0 Å². The van der Waals surface area contributed by atoms with Crippen LogP contribution in [0.1, 0.15) is 5.56 Å². The fourth-order valence-electron chi connectivity index (χ4n) is 2.95. The van der Waals surface area contributed by atoms with Crippen molar-refractivity contribution in [2.45, 2.75) is 4.90 Å². The van der Waals surface area contributed by atoms with E-state index in [9.17, 15) is 12.8 Å². The van der Waals surface area contributed by atoms with Crippen LogP contribution in [0, 0.1) is 5.82 Å². The maximum absolute atomic E-state index is 13.4. The fourth-order valence-corrected chi connectivity index (χ4v) is 3.72. The van der Waals surface area contributed by atoms with Crippen LogP contribution in [-0.2, 0) is 14.6 Å². The number of nitrogens with one attached hydrogen (secondary N) is 1. The van der Waals surface area contributed by atoms with Gasteiger partial charge in [0, 0.05) is 54.8 Å². The molecule has 1 saturated heterocycles. The summed E-state index contributed by atoms with van der Waals surface area (Å²) in [5.74, 6) is 0.113. The molecule has 1 aromatic carbocycles. The lowest BCUT2D eigenvalue weighted by molar-refractivity contribution is 0.0534. The predicted molar refractivity (Wildman–Crippen MR) is 124 cm³/mol. The first-order chi connectivity index (χ1) is 15.1. The molecule has 1 aliphatic rings. The van der Waals surface area contributed by atoms with E-state index in [0.29, 0.717) is 48.9 Å². The van der Waals surface area contributed by atoms with E-state index in [-0.39, 0.29) is 15.7 Å². The summed E-state index contributed by atoms with van der Waals surface area (Å²) in [4.78, 5) is 10.4. The van der Waals surface area contributed by atoms with Crippen molar-refractivity contribution in [2.24, 2.45) is 10.7 Å². The van der Waals surface area contributed by atoms with E-state index in [2.05, 4.69) is 21.9 Å². The van der Waals surface area contributed by atoms with Crippen molar-refractivity contribution < 1.29 is 17.5 Å². The highest BCUT2D eigenvalue weighted by atomic mass is 35.5. The third-order valence-corrected chi connectivity index (χ3v) is 6.01. The number of allylic oxidation sites excluding steroid dienone is 1. The topological polar surface area (TPSA) is 110 Å². The van der Waals surface area contributed by atoms with Crippen LogP contribution < -0.4 is 11.1 Å². The van der Waals surface area contributed by atoms with Gasteiger partial charge in [-0.1, -0.05) is 18.2 Å². The number of rotatable bonds is 7. The Morgan fingerprint density at radius 1 is 1.34 bits per heavy atom. The summed E-state index contributed by atoms with van der Waals surface area (Å²) in [6.45, 7) is 6.04. The summed E-state index contributed by atoms with van der Waals surface area (Å²) >= 11 is 5.81. The van der Waals surface area contributed by atoms with Gasteiger partial charge in [0.1, 0.15) is 17.5 Å². The second-order valence-corrected chi connectivity index (χ2v) is 9.46. The third kappa shape index (κ3) is 6.06. The minimum atomic E-state index is -3.47. The minimum Gasteiger partial charge on any atom is -0.385 e. The molecule has 0 amide bonds. The number of aliphatic imine (C=N–C) groups is 1. The molecule has 11 heteroatoms. The smallest absolute Gasteiger partial charge is 0.177 e. The lowest BCUT2D eigenvalue weighted by Gasteiger charge is -2.30. The van der Waals surface area contributed by atoms with Crippen LogP contribution in [0.25, 0.3) is 5.57 Å². The van der Waals surface area contributed by atoms with Crippen molar-refractivity contribution in [1.29, 1.82) is 0 Å². The molecule has 0 aliphatic carbocycles. The van der Waals surface area contributed by atoms with Gasteiger partial charge in [-0.25, -0.2) is 17.8 Å². The molecule has 1 aromatic heterocycles. The number of anilines is 1.